The first-order chi connectivity index (χ1) is 8.90. The molecule has 1 aliphatic rings. The normalized spacial score (nSPS) is 24.8. The van der Waals surface area contributed by atoms with Crippen LogP contribution in [0.4, 0.5) is 0 Å². The number of thioether (sulfide) groups is 2. The van der Waals surface area contributed by atoms with Crippen LogP contribution < -0.4 is 5.73 Å². The Hall–Kier alpha value is -0.400. The quantitative estimate of drug-likeness (QED) is 0.764. The van der Waals surface area contributed by atoms with E-state index in [-0.39, 0.29) is 17.2 Å². The molecule has 0 radical (unpaired) electrons. The van der Waals surface area contributed by atoms with E-state index in [2.05, 4.69) is 0 Å². The first-order valence-corrected chi connectivity index (χ1v) is 8.75. The van der Waals surface area contributed by atoms with Gasteiger partial charge in [-0.1, -0.05) is 13.8 Å². The fraction of sp³-hybridized carbons (Fsp3) is 0.833. The number of hydrogen-bond acceptors (Lipinski definition) is 5. The van der Waals surface area contributed by atoms with Crippen LogP contribution >= 0.6 is 23.5 Å². The number of amides is 1. The van der Waals surface area contributed by atoms with Gasteiger partial charge in [-0.05, 0) is 24.3 Å². The van der Waals surface area contributed by atoms with Gasteiger partial charge in [0.15, 0.2) is 0 Å². The molecular formula is C12H22N2O3S2. The van der Waals surface area contributed by atoms with Crippen LogP contribution in [0.25, 0.3) is 0 Å². The predicted octanol–water partition coefficient (Wildman–Crippen LogP) is 1.08. The van der Waals surface area contributed by atoms with E-state index in [9.17, 15) is 14.7 Å². The number of hydrogen-bond donors (Lipinski definition) is 2. The molecule has 1 aliphatic heterocycles. The third kappa shape index (κ3) is 4.03. The first-order valence-electron chi connectivity index (χ1n) is 6.31. The van der Waals surface area contributed by atoms with Gasteiger partial charge in [-0.25, -0.2) is 4.79 Å². The van der Waals surface area contributed by atoms with Crippen LogP contribution in [0, 0.1) is 5.92 Å². The van der Waals surface area contributed by atoms with Crippen molar-refractivity contribution in [3.63, 3.8) is 0 Å². The molecule has 0 saturated carbocycles. The van der Waals surface area contributed by atoms with Crippen molar-refractivity contribution in [2.75, 3.05) is 17.8 Å². The Morgan fingerprint density at radius 1 is 1.53 bits per heavy atom. The van der Waals surface area contributed by atoms with E-state index in [1.165, 1.54) is 16.7 Å². The molecular weight excluding hydrogens is 284 g/mol. The van der Waals surface area contributed by atoms with Gasteiger partial charge in [0, 0.05) is 5.75 Å². The van der Waals surface area contributed by atoms with Gasteiger partial charge in [-0.3, -0.25) is 4.79 Å². The molecule has 7 heteroatoms. The fourth-order valence-corrected chi connectivity index (χ4v) is 4.04. The molecule has 1 heterocycles. The second-order valence-electron chi connectivity index (χ2n) is 4.96. The predicted molar refractivity (Wildman–Crippen MR) is 80.3 cm³/mol. The Bertz CT molecular complexity index is 339. The minimum atomic E-state index is -0.943. The van der Waals surface area contributed by atoms with Crippen molar-refractivity contribution in [1.29, 1.82) is 0 Å². The van der Waals surface area contributed by atoms with E-state index < -0.39 is 18.1 Å². The number of rotatable bonds is 6. The fourth-order valence-electron chi connectivity index (χ4n) is 2.07. The van der Waals surface area contributed by atoms with Crippen molar-refractivity contribution >= 4 is 35.4 Å². The third-order valence-corrected chi connectivity index (χ3v) is 5.36. The monoisotopic (exact) mass is 306 g/mol. The molecule has 0 aromatic heterocycles. The zero-order valence-corrected chi connectivity index (χ0v) is 13.2. The zero-order chi connectivity index (χ0) is 14.6. The molecule has 1 amide bonds. The largest absolute Gasteiger partial charge is 0.480 e. The number of nitrogens with zero attached hydrogens (tertiary/aromatic N) is 1. The Balaban J connectivity index is 2.83. The van der Waals surface area contributed by atoms with E-state index in [4.69, 9.17) is 5.73 Å². The lowest BCUT2D eigenvalue weighted by Crippen LogP contribution is -2.53. The van der Waals surface area contributed by atoms with Gasteiger partial charge >= 0.3 is 5.97 Å². The molecule has 110 valence electrons. The molecule has 0 aliphatic carbocycles. The molecule has 19 heavy (non-hydrogen) atoms. The standard InChI is InChI=1S/C12H22N2O3S2/c1-7(2)11-14(9(6-19-11)12(16)17)10(15)8(13)4-5-18-3/h7-9,11H,4-6,13H2,1-3H3,(H,16,17)/t8-,9?,11?/m0/s1. The average Bonchev–Trinajstić information content (AvgIpc) is 2.79. The molecule has 5 nitrogen and oxygen atoms in total. The summed E-state index contributed by atoms with van der Waals surface area (Å²) in [5, 5.41) is 9.15. The number of carbonyl (C=O) groups is 2. The Morgan fingerprint density at radius 2 is 2.16 bits per heavy atom. The SMILES string of the molecule is CSCC[C@H](N)C(=O)N1C(C(=O)O)CSC1C(C)C. The molecule has 1 fully saturated rings. The summed E-state index contributed by atoms with van der Waals surface area (Å²) in [5.74, 6) is 0.286. The maximum atomic E-state index is 12.4. The molecule has 0 bridgehead atoms. The molecule has 1 rings (SSSR count). The average molecular weight is 306 g/mol. The van der Waals surface area contributed by atoms with E-state index in [1.807, 2.05) is 20.1 Å². The van der Waals surface area contributed by atoms with E-state index in [0.717, 1.165) is 5.75 Å². The smallest absolute Gasteiger partial charge is 0.327 e. The van der Waals surface area contributed by atoms with Gasteiger partial charge in [0.25, 0.3) is 0 Å². The number of carboxylic acids is 1. The van der Waals surface area contributed by atoms with Crippen molar-refractivity contribution in [2.24, 2.45) is 11.7 Å². The highest BCUT2D eigenvalue weighted by Crippen LogP contribution is 2.34. The molecule has 3 N–H and O–H groups in total. The summed E-state index contributed by atoms with van der Waals surface area (Å²) in [5.41, 5.74) is 5.90. The van der Waals surface area contributed by atoms with Crippen molar-refractivity contribution in [3.8, 4) is 0 Å². The molecule has 1 saturated heterocycles. The van der Waals surface area contributed by atoms with Gasteiger partial charge in [0.1, 0.15) is 6.04 Å². The second-order valence-corrected chi connectivity index (χ2v) is 7.09. The van der Waals surface area contributed by atoms with Crippen LogP contribution in [-0.2, 0) is 9.59 Å². The maximum Gasteiger partial charge on any atom is 0.327 e. The highest BCUT2D eigenvalue weighted by Gasteiger charge is 2.43. The van der Waals surface area contributed by atoms with Gasteiger partial charge in [0.2, 0.25) is 5.91 Å². The highest BCUT2D eigenvalue weighted by molar-refractivity contribution is 8.00. The minimum Gasteiger partial charge on any atom is -0.480 e. The van der Waals surface area contributed by atoms with Crippen molar-refractivity contribution in [3.05, 3.63) is 0 Å². The van der Waals surface area contributed by atoms with Gasteiger partial charge in [-0.15, -0.1) is 11.8 Å². The number of carbonyl (C=O) groups excluding carboxylic acids is 1. The molecule has 0 aromatic carbocycles. The number of nitrogens with two attached hydrogens (primary N) is 1. The van der Waals surface area contributed by atoms with Crippen molar-refractivity contribution in [2.45, 2.75) is 37.7 Å². The summed E-state index contributed by atoms with van der Waals surface area (Å²) in [6.45, 7) is 3.99. The minimum absolute atomic E-state index is 0.0890. The summed E-state index contributed by atoms with van der Waals surface area (Å²) in [7, 11) is 0. The van der Waals surface area contributed by atoms with Crippen LogP contribution in [0.5, 0.6) is 0 Å². The topological polar surface area (TPSA) is 83.6 Å². The van der Waals surface area contributed by atoms with Crippen molar-refractivity contribution in [1.82, 2.24) is 4.90 Å². The summed E-state index contributed by atoms with van der Waals surface area (Å²) < 4.78 is 0. The summed E-state index contributed by atoms with van der Waals surface area (Å²) >= 11 is 3.16. The van der Waals surface area contributed by atoms with Crippen LogP contribution in [0.1, 0.15) is 20.3 Å². The van der Waals surface area contributed by atoms with E-state index >= 15 is 0 Å². The Kier molecular flexibility index (Phi) is 6.49. The molecule has 0 aromatic rings. The Morgan fingerprint density at radius 3 is 2.63 bits per heavy atom. The zero-order valence-electron chi connectivity index (χ0n) is 11.5. The maximum absolute atomic E-state index is 12.4. The summed E-state index contributed by atoms with van der Waals surface area (Å²) in [6, 6.07) is -1.35. The van der Waals surface area contributed by atoms with Crippen LogP contribution in [-0.4, -0.2) is 57.1 Å². The lowest BCUT2D eigenvalue weighted by molar-refractivity contribution is -0.150. The van der Waals surface area contributed by atoms with E-state index in [0.29, 0.717) is 12.2 Å². The molecule has 0 spiro atoms. The van der Waals surface area contributed by atoms with Gasteiger partial charge in [-0.2, -0.15) is 11.8 Å². The molecule has 2 unspecified atom stereocenters. The third-order valence-electron chi connectivity index (χ3n) is 3.09. The highest BCUT2D eigenvalue weighted by atomic mass is 32.2. The first kappa shape index (κ1) is 16.7. The van der Waals surface area contributed by atoms with Crippen LogP contribution in [0.3, 0.4) is 0 Å². The van der Waals surface area contributed by atoms with Gasteiger partial charge < -0.3 is 15.7 Å². The molecule has 3 atom stereocenters. The lowest BCUT2D eigenvalue weighted by atomic mass is 10.1. The second kappa shape index (κ2) is 7.40. The van der Waals surface area contributed by atoms with E-state index in [1.54, 1.807) is 11.8 Å². The van der Waals surface area contributed by atoms with Crippen LogP contribution in [0.2, 0.25) is 0 Å². The van der Waals surface area contributed by atoms with Crippen LogP contribution in [0.15, 0.2) is 0 Å². The van der Waals surface area contributed by atoms with Gasteiger partial charge in [0.05, 0.1) is 11.4 Å². The Labute approximate surface area is 122 Å². The summed E-state index contributed by atoms with van der Waals surface area (Å²) in [6.07, 6.45) is 2.54. The summed E-state index contributed by atoms with van der Waals surface area (Å²) in [4.78, 5) is 25.2. The lowest BCUT2D eigenvalue weighted by Gasteiger charge is -2.31. The number of carboxylic acid groups (broad SMARTS) is 1. The number of aliphatic carboxylic acids is 1. The van der Waals surface area contributed by atoms with Crippen molar-refractivity contribution < 1.29 is 14.7 Å².